The van der Waals surface area contributed by atoms with Crippen LogP contribution in [-0.2, 0) is 17.4 Å². The zero-order chi connectivity index (χ0) is 19.5. The Morgan fingerprint density at radius 1 is 1.19 bits per heavy atom. The largest absolute Gasteiger partial charge is 0.416 e. The molecule has 1 atom stereocenters. The van der Waals surface area contributed by atoms with Crippen molar-refractivity contribution in [1.29, 1.82) is 0 Å². The van der Waals surface area contributed by atoms with Gasteiger partial charge in [0.2, 0.25) is 5.91 Å². The molecule has 5 nitrogen and oxygen atoms in total. The Hall–Kier alpha value is -2.90. The first-order valence-electron chi connectivity index (χ1n) is 7.75. The summed E-state index contributed by atoms with van der Waals surface area (Å²) >= 11 is 0. The smallest absolute Gasteiger partial charge is 0.339 e. The van der Waals surface area contributed by atoms with Gasteiger partial charge in [0.1, 0.15) is 0 Å². The molecule has 0 aliphatic rings. The average Bonchev–Trinajstić information content (AvgIpc) is 2.60. The van der Waals surface area contributed by atoms with E-state index in [1.54, 1.807) is 13.0 Å². The van der Waals surface area contributed by atoms with Crippen LogP contribution in [0.3, 0.4) is 0 Å². The zero-order valence-electron chi connectivity index (χ0n) is 14.2. The molecule has 0 saturated carbocycles. The summed E-state index contributed by atoms with van der Waals surface area (Å²) in [5, 5.41) is 10.9. The standard InChI is InChI=1S/C18H17F3N2O3/c1-12(14-6-4-8-16(11-14)23(25)26)22(2)17(24)10-13-5-3-7-15(9-13)18(19,20)21/h3-9,11-12H,10H2,1-2H3/t12-/m0/s1. The summed E-state index contributed by atoms with van der Waals surface area (Å²) in [7, 11) is 1.51. The minimum absolute atomic E-state index is 0.0897. The number of nitro groups is 1. The quantitative estimate of drug-likeness (QED) is 0.583. The van der Waals surface area contributed by atoms with Crippen molar-refractivity contribution in [3.05, 3.63) is 75.3 Å². The molecule has 0 radical (unpaired) electrons. The lowest BCUT2D eigenvalue weighted by Crippen LogP contribution is -2.31. The molecule has 2 rings (SSSR count). The third kappa shape index (κ3) is 4.59. The van der Waals surface area contributed by atoms with Crippen molar-refractivity contribution >= 4 is 11.6 Å². The van der Waals surface area contributed by atoms with Crippen molar-refractivity contribution in [3.8, 4) is 0 Å². The monoisotopic (exact) mass is 366 g/mol. The first-order chi connectivity index (χ1) is 12.1. The first kappa shape index (κ1) is 19.4. The number of amides is 1. The van der Waals surface area contributed by atoms with E-state index in [1.807, 2.05) is 0 Å². The maximum Gasteiger partial charge on any atom is 0.416 e. The third-order valence-electron chi connectivity index (χ3n) is 4.15. The van der Waals surface area contributed by atoms with Gasteiger partial charge in [-0.1, -0.05) is 30.3 Å². The summed E-state index contributed by atoms with van der Waals surface area (Å²) in [5.74, 6) is -0.386. The van der Waals surface area contributed by atoms with E-state index < -0.39 is 22.7 Å². The number of carbonyl (C=O) groups is 1. The average molecular weight is 366 g/mol. The highest BCUT2D eigenvalue weighted by Gasteiger charge is 2.30. The summed E-state index contributed by atoms with van der Waals surface area (Å²) in [4.78, 5) is 24.1. The van der Waals surface area contributed by atoms with Crippen molar-refractivity contribution in [1.82, 2.24) is 4.90 Å². The van der Waals surface area contributed by atoms with Gasteiger partial charge in [-0.3, -0.25) is 14.9 Å². The molecule has 1 amide bonds. The van der Waals surface area contributed by atoms with E-state index in [4.69, 9.17) is 0 Å². The van der Waals surface area contributed by atoms with Crippen LogP contribution in [0.1, 0.15) is 29.7 Å². The van der Waals surface area contributed by atoms with Crippen molar-refractivity contribution in [2.24, 2.45) is 0 Å². The lowest BCUT2D eigenvalue weighted by molar-refractivity contribution is -0.384. The fourth-order valence-electron chi connectivity index (χ4n) is 2.49. The van der Waals surface area contributed by atoms with Crippen LogP contribution in [0.15, 0.2) is 48.5 Å². The van der Waals surface area contributed by atoms with Gasteiger partial charge in [0.25, 0.3) is 5.69 Å². The molecular formula is C18H17F3N2O3. The van der Waals surface area contributed by atoms with Gasteiger partial charge in [-0.05, 0) is 24.1 Å². The molecule has 8 heteroatoms. The number of rotatable bonds is 5. The Morgan fingerprint density at radius 2 is 1.85 bits per heavy atom. The number of alkyl halides is 3. The number of nitrogens with zero attached hydrogens (tertiary/aromatic N) is 2. The van der Waals surface area contributed by atoms with Gasteiger partial charge < -0.3 is 4.90 Å². The van der Waals surface area contributed by atoms with E-state index >= 15 is 0 Å². The maximum atomic E-state index is 12.8. The number of hydrogen-bond acceptors (Lipinski definition) is 3. The fraction of sp³-hybridized carbons (Fsp3) is 0.278. The van der Waals surface area contributed by atoms with E-state index in [2.05, 4.69) is 0 Å². The topological polar surface area (TPSA) is 63.5 Å². The predicted molar refractivity (Wildman–Crippen MR) is 89.4 cm³/mol. The van der Waals surface area contributed by atoms with Gasteiger partial charge in [0, 0.05) is 19.2 Å². The van der Waals surface area contributed by atoms with Crippen molar-refractivity contribution in [2.75, 3.05) is 7.05 Å². The van der Waals surface area contributed by atoms with Crippen molar-refractivity contribution in [3.63, 3.8) is 0 Å². The van der Waals surface area contributed by atoms with Gasteiger partial charge in [0.15, 0.2) is 0 Å². The van der Waals surface area contributed by atoms with Crippen LogP contribution >= 0.6 is 0 Å². The van der Waals surface area contributed by atoms with Gasteiger partial charge in [0.05, 0.1) is 22.9 Å². The lowest BCUT2D eigenvalue weighted by Gasteiger charge is -2.25. The highest BCUT2D eigenvalue weighted by molar-refractivity contribution is 5.79. The van der Waals surface area contributed by atoms with Crippen molar-refractivity contribution in [2.45, 2.75) is 25.6 Å². The molecule has 0 unspecified atom stereocenters. The zero-order valence-corrected chi connectivity index (χ0v) is 14.2. The summed E-state index contributed by atoms with van der Waals surface area (Å²) < 4.78 is 38.3. The number of hydrogen-bond donors (Lipinski definition) is 0. The fourth-order valence-corrected chi connectivity index (χ4v) is 2.49. The molecule has 0 aliphatic carbocycles. The van der Waals surface area contributed by atoms with Crippen LogP contribution in [0.5, 0.6) is 0 Å². The molecule has 0 spiro atoms. The van der Waals surface area contributed by atoms with E-state index in [0.29, 0.717) is 5.56 Å². The molecule has 2 aromatic carbocycles. The van der Waals surface area contributed by atoms with Gasteiger partial charge in [-0.25, -0.2) is 0 Å². The number of benzene rings is 2. The first-order valence-corrected chi connectivity index (χ1v) is 7.75. The van der Waals surface area contributed by atoms with Crippen LogP contribution in [0, 0.1) is 10.1 Å². The third-order valence-corrected chi connectivity index (χ3v) is 4.15. The molecule has 0 aliphatic heterocycles. The molecule has 0 fully saturated rings. The summed E-state index contributed by atoms with van der Waals surface area (Å²) in [6.45, 7) is 1.70. The Labute approximate surface area is 148 Å². The van der Waals surface area contributed by atoms with Gasteiger partial charge in [-0.15, -0.1) is 0 Å². The molecule has 0 bridgehead atoms. The second-order valence-corrected chi connectivity index (χ2v) is 5.91. The van der Waals surface area contributed by atoms with Crippen molar-refractivity contribution < 1.29 is 22.9 Å². The normalized spacial score (nSPS) is 12.5. The Bertz CT molecular complexity index is 821. The Morgan fingerprint density at radius 3 is 2.46 bits per heavy atom. The van der Waals surface area contributed by atoms with Gasteiger partial charge in [-0.2, -0.15) is 13.2 Å². The number of non-ortho nitro benzene ring substituents is 1. The second kappa shape index (κ2) is 7.55. The van der Waals surface area contributed by atoms with E-state index in [1.165, 1.54) is 42.3 Å². The van der Waals surface area contributed by atoms with Crippen LogP contribution < -0.4 is 0 Å². The number of carbonyl (C=O) groups excluding carboxylic acids is 1. The molecule has 0 heterocycles. The van der Waals surface area contributed by atoms with Gasteiger partial charge >= 0.3 is 6.18 Å². The minimum Gasteiger partial charge on any atom is -0.339 e. The van der Waals surface area contributed by atoms with Crippen LogP contribution in [0.4, 0.5) is 18.9 Å². The van der Waals surface area contributed by atoms with Crippen LogP contribution in [0.25, 0.3) is 0 Å². The molecule has 0 N–H and O–H groups in total. The summed E-state index contributed by atoms with van der Waals surface area (Å²) in [6.07, 6.45) is -4.67. The highest BCUT2D eigenvalue weighted by atomic mass is 19.4. The Balaban J connectivity index is 2.14. The summed E-state index contributed by atoms with van der Waals surface area (Å²) in [5.41, 5.74) is -0.0766. The second-order valence-electron chi connectivity index (χ2n) is 5.91. The minimum atomic E-state index is -4.47. The molecular weight excluding hydrogens is 349 g/mol. The Kier molecular flexibility index (Phi) is 5.64. The molecule has 0 saturated heterocycles. The molecule has 26 heavy (non-hydrogen) atoms. The number of halogens is 3. The van der Waals surface area contributed by atoms with Crippen LogP contribution in [0.2, 0.25) is 0 Å². The summed E-state index contributed by atoms with van der Waals surface area (Å²) in [6, 6.07) is 10.1. The number of likely N-dealkylation sites (N-methyl/N-ethyl adjacent to an activating group) is 1. The molecule has 0 aromatic heterocycles. The maximum absolute atomic E-state index is 12.8. The highest BCUT2D eigenvalue weighted by Crippen LogP contribution is 2.30. The lowest BCUT2D eigenvalue weighted by atomic mass is 10.0. The predicted octanol–water partition coefficient (Wildman–Crippen LogP) is 4.38. The van der Waals surface area contributed by atoms with E-state index in [-0.39, 0.29) is 23.6 Å². The van der Waals surface area contributed by atoms with Crippen LogP contribution in [-0.4, -0.2) is 22.8 Å². The number of nitro benzene ring substituents is 1. The molecule has 2 aromatic rings. The SMILES string of the molecule is C[C@@H](c1cccc([N+](=O)[O-])c1)N(C)C(=O)Cc1cccc(C(F)(F)F)c1. The van der Waals surface area contributed by atoms with E-state index in [0.717, 1.165) is 12.1 Å². The molecule has 138 valence electrons. The van der Waals surface area contributed by atoms with E-state index in [9.17, 15) is 28.1 Å².